The Morgan fingerprint density at radius 3 is 2.44 bits per heavy atom. The summed E-state index contributed by atoms with van der Waals surface area (Å²) in [6.45, 7) is 10.3. The van der Waals surface area contributed by atoms with Crippen molar-refractivity contribution in [3.05, 3.63) is 35.8 Å². The van der Waals surface area contributed by atoms with E-state index >= 15 is 0 Å². The first kappa shape index (κ1) is 12.6. The summed E-state index contributed by atoms with van der Waals surface area (Å²) < 4.78 is 0. The Morgan fingerprint density at radius 2 is 1.81 bits per heavy atom. The molecule has 2 nitrogen and oxygen atoms in total. The first-order chi connectivity index (χ1) is 7.66. The first-order valence-corrected chi connectivity index (χ1v) is 5.90. The zero-order valence-electron chi connectivity index (χ0n) is 10.8. The minimum absolute atomic E-state index is 0.556. The van der Waals surface area contributed by atoms with Crippen molar-refractivity contribution < 1.29 is 0 Å². The van der Waals surface area contributed by atoms with Gasteiger partial charge in [-0.3, -0.25) is 0 Å². The van der Waals surface area contributed by atoms with Crippen LogP contribution in [0.4, 0.5) is 0 Å². The highest BCUT2D eigenvalue weighted by Crippen LogP contribution is 2.19. The highest BCUT2D eigenvalue weighted by atomic mass is 14.9. The predicted molar refractivity (Wildman–Crippen MR) is 69.7 cm³/mol. The van der Waals surface area contributed by atoms with E-state index in [2.05, 4.69) is 42.0 Å². The normalized spacial score (nSPS) is 10.1. The summed E-state index contributed by atoms with van der Waals surface area (Å²) in [6, 6.07) is 6.37. The largest absolute Gasteiger partial charge is 0.241 e. The maximum atomic E-state index is 4.36. The summed E-state index contributed by atoms with van der Waals surface area (Å²) in [6.07, 6.45) is 1.89. The lowest BCUT2D eigenvalue weighted by molar-refractivity contribution is 0.868. The fourth-order valence-electron chi connectivity index (χ4n) is 1.50. The average Bonchev–Trinajstić information content (AvgIpc) is 2.30. The van der Waals surface area contributed by atoms with Crippen LogP contribution in [0, 0.1) is 6.92 Å². The molecule has 0 saturated carbocycles. The molecule has 0 aliphatic heterocycles. The van der Waals surface area contributed by atoms with Gasteiger partial charge in [0.15, 0.2) is 0 Å². The number of rotatable bonds is 1. The lowest BCUT2D eigenvalue weighted by atomic mass is 10.0. The third-order valence-electron chi connectivity index (χ3n) is 2.39. The van der Waals surface area contributed by atoms with Crippen molar-refractivity contribution in [1.82, 2.24) is 9.97 Å². The van der Waals surface area contributed by atoms with Gasteiger partial charge in [-0.05, 0) is 30.5 Å². The molecule has 0 aliphatic rings. The van der Waals surface area contributed by atoms with Gasteiger partial charge >= 0.3 is 0 Å². The predicted octanol–water partition coefficient (Wildman–Crippen LogP) is 4.09. The minimum atomic E-state index is 0.556. The molecule has 16 heavy (non-hydrogen) atoms. The molecule has 0 N–H and O–H groups in total. The van der Waals surface area contributed by atoms with Crippen molar-refractivity contribution in [2.45, 2.75) is 40.5 Å². The quantitative estimate of drug-likeness (QED) is 0.717. The molecule has 0 unspecified atom stereocenters. The van der Waals surface area contributed by atoms with Crippen LogP contribution in [-0.2, 0) is 0 Å². The van der Waals surface area contributed by atoms with Gasteiger partial charge in [-0.1, -0.05) is 33.8 Å². The summed E-state index contributed by atoms with van der Waals surface area (Å²) in [5, 5.41) is 1.13. The van der Waals surface area contributed by atoms with Crippen LogP contribution in [0.3, 0.4) is 0 Å². The van der Waals surface area contributed by atoms with Crippen molar-refractivity contribution in [2.75, 3.05) is 0 Å². The van der Waals surface area contributed by atoms with E-state index in [4.69, 9.17) is 0 Å². The number of hydrogen-bond acceptors (Lipinski definition) is 2. The van der Waals surface area contributed by atoms with E-state index in [-0.39, 0.29) is 0 Å². The van der Waals surface area contributed by atoms with Crippen molar-refractivity contribution in [2.24, 2.45) is 0 Å². The molecular formula is C14H20N2. The fourth-order valence-corrected chi connectivity index (χ4v) is 1.50. The molecule has 2 rings (SSSR count). The van der Waals surface area contributed by atoms with Gasteiger partial charge in [-0.2, -0.15) is 0 Å². The monoisotopic (exact) mass is 216 g/mol. The van der Waals surface area contributed by atoms with Gasteiger partial charge in [0.25, 0.3) is 0 Å². The molecule has 0 fully saturated rings. The van der Waals surface area contributed by atoms with Crippen molar-refractivity contribution in [3.63, 3.8) is 0 Å². The first-order valence-electron chi connectivity index (χ1n) is 5.90. The molecule has 0 radical (unpaired) electrons. The van der Waals surface area contributed by atoms with Crippen LogP contribution >= 0.6 is 0 Å². The van der Waals surface area contributed by atoms with Crippen molar-refractivity contribution in [1.29, 1.82) is 0 Å². The topological polar surface area (TPSA) is 25.8 Å². The van der Waals surface area contributed by atoms with E-state index < -0.39 is 0 Å². The second kappa shape index (κ2) is 5.59. The maximum Gasteiger partial charge on any atom is 0.125 e. The van der Waals surface area contributed by atoms with E-state index in [0.29, 0.717) is 5.92 Å². The second-order valence-electron chi connectivity index (χ2n) is 3.89. The molecule has 1 aromatic heterocycles. The van der Waals surface area contributed by atoms with Crippen LogP contribution in [0.25, 0.3) is 10.9 Å². The zero-order valence-corrected chi connectivity index (χ0v) is 10.8. The maximum absolute atomic E-state index is 4.36. The number of aromatic nitrogens is 2. The zero-order chi connectivity index (χ0) is 12.1. The van der Waals surface area contributed by atoms with Crippen LogP contribution in [-0.4, -0.2) is 9.97 Å². The number of aryl methyl sites for hydroxylation is 1. The van der Waals surface area contributed by atoms with Crippen LogP contribution in [0.2, 0.25) is 0 Å². The van der Waals surface area contributed by atoms with Gasteiger partial charge < -0.3 is 0 Å². The highest BCUT2D eigenvalue weighted by molar-refractivity contribution is 5.78. The van der Waals surface area contributed by atoms with Crippen LogP contribution < -0.4 is 0 Å². The van der Waals surface area contributed by atoms with E-state index in [1.165, 1.54) is 5.56 Å². The van der Waals surface area contributed by atoms with Crippen LogP contribution in [0.1, 0.15) is 45.0 Å². The number of fused-ring (bicyclic) bond motifs is 1. The van der Waals surface area contributed by atoms with Gasteiger partial charge in [0.2, 0.25) is 0 Å². The Balaban J connectivity index is 0.000000606. The number of nitrogens with zero attached hydrogens (tertiary/aromatic N) is 2. The Bertz CT molecular complexity index is 461. The number of hydrogen-bond donors (Lipinski definition) is 0. The van der Waals surface area contributed by atoms with E-state index in [9.17, 15) is 0 Å². The summed E-state index contributed by atoms with van der Waals surface area (Å²) in [4.78, 5) is 8.56. The van der Waals surface area contributed by atoms with Crippen molar-refractivity contribution >= 4 is 10.9 Å². The Morgan fingerprint density at radius 1 is 1.12 bits per heavy atom. The van der Waals surface area contributed by atoms with Gasteiger partial charge in [-0.25, -0.2) is 9.97 Å². The summed E-state index contributed by atoms with van der Waals surface area (Å²) in [5.41, 5.74) is 2.37. The molecule has 1 heterocycles. The van der Waals surface area contributed by atoms with E-state index in [1.807, 2.05) is 27.0 Å². The smallest absolute Gasteiger partial charge is 0.125 e. The lowest BCUT2D eigenvalue weighted by Crippen LogP contribution is -1.91. The molecule has 0 spiro atoms. The van der Waals surface area contributed by atoms with Gasteiger partial charge in [-0.15, -0.1) is 0 Å². The summed E-state index contributed by atoms with van der Waals surface area (Å²) in [7, 11) is 0. The molecule has 0 bridgehead atoms. The molecule has 0 saturated heterocycles. The standard InChI is InChI=1S/C12H14N2.C2H6/c1-8(2)10-4-5-12-11(6-10)7-13-9(3)14-12;1-2/h4-8H,1-3H3;1-2H3. The molecule has 0 aliphatic carbocycles. The van der Waals surface area contributed by atoms with Crippen LogP contribution in [0.5, 0.6) is 0 Å². The SMILES string of the molecule is CC.Cc1ncc2cc(C(C)C)ccc2n1. The molecule has 2 heteroatoms. The van der Waals surface area contributed by atoms with Gasteiger partial charge in [0, 0.05) is 11.6 Å². The van der Waals surface area contributed by atoms with E-state index in [0.717, 1.165) is 16.7 Å². The molecule has 1 aromatic carbocycles. The third kappa shape index (κ3) is 2.78. The molecule has 2 aromatic rings. The second-order valence-corrected chi connectivity index (χ2v) is 3.89. The molecule has 86 valence electrons. The van der Waals surface area contributed by atoms with Crippen LogP contribution in [0.15, 0.2) is 24.4 Å². The summed E-state index contributed by atoms with van der Waals surface area (Å²) >= 11 is 0. The highest BCUT2D eigenvalue weighted by Gasteiger charge is 2.01. The molecule has 0 amide bonds. The average molecular weight is 216 g/mol. The molecular weight excluding hydrogens is 196 g/mol. The van der Waals surface area contributed by atoms with Crippen molar-refractivity contribution in [3.8, 4) is 0 Å². The van der Waals surface area contributed by atoms with E-state index in [1.54, 1.807) is 0 Å². The fraction of sp³-hybridized carbons (Fsp3) is 0.429. The van der Waals surface area contributed by atoms with Gasteiger partial charge in [0.05, 0.1) is 5.52 Å². The molecule has 0 atom stereocenters. The Labute approximate surface area is 97.7 Å². The lowest BCUT2D eigenvalue weighted by Gasteiger charge is -2.06. The third-order valence-corrected chi connectivity index (χ3v) is 2.39. The van der Waals surface area contributed by atoms with Gasteiger partial charge in [0.1, 0.15) is 5.82 Å². The number of benzene rings is 1. The Hall–Kier alpha value is -1.44. The minimum Gasteiger partial charge on any atom is -0.241 e. The summed E-state index contributed by atoms with van der Waals surface area (Å²) in [5.74, 6) is 1.38. The Kier molecular flexibility index (Phi) is 4.41.